The van der Waals surface area contributed by atoms with E-state index in [2.05, 4.69) is 12.2 Å². The lowest BCUT2D eigenvalue weighted by atomic mass is 9.85. The van der Waals surface area contributed by atoms with Crippen LogP contribution in [0.1, 0.15) is 39.5 Å². The van der Waals surface area contributed by atoms with Gasteiger partial charge in [-0.1, -0.05) is 6.92 Å². The van der Waals surface area contributed by atoms with Gasteiger partial charge in [-0.2, -0.15) is 0 Å². The maximum atomic E-state index is 12.4. The van der Waals surface area contributed by atoms with E-state index in [1.807, 2.05) is 0 Å². The minimum atomic E-state index is -1.04. The number of nitrogens with zero attached hydrogens (tertiary/aromatic N) is 1. The lowest BCUT2D eigenvalue weighted by Crippen LogP contribution is -2.54. The molecular formula is C15H26N2O4. The molecule has 2 rings (SSSR count). The van der Waals surface area contributed by atoms with Crippen molar-refractivity contribution in [1.82, 2.24) is 10.2 Å². The largest absolute Gasteiger partial charge is 0.481 e. The number of amides is 2. The summed E-state index contributed by atoms with van der Waals surface area (Å²) in [6.45, 7) is 4.25. The van der Waals surface area contributed by atoms with E-state index in [1.165, 1.54) is 0 Å². The highest BCUT2D eigenvalue weighted by atomic mass is 16.5. The molecule has 0 spiro atoms. The number of carboxylic acid groups (broad SMARTS) is 1. The van der Waals surface area contributed by atoms with Crippen LogP contribution in [0.25, 0.3) is 0 Å². The van der Waals surface area contributed by atoms with Gasteiger partial charge in [-0.15, -0.1) is 0 Å². The van der Waals surface area contributed by atoms with Crippen LogP contribution >= 0.6 is 0 Å². The minimum absolute atomic E-state index is 0.137. The van der Waals surface area contributed by atoms with E-state index in [1.54, 1.807) is 18.9 Å². The lowest BCUT2D eigenvalue weighted by Gasteiger charge is -2.35. The highest BCUT2D eigenvalue weighted by molar-refractivity contribution is 5.79. The monoisotopic (exact) mass is 298 g/mol. The molecule has 2 atom stereocenters. The molecule has 2 fully saturated rings. The van der Waals surface area contributed by atoms with Gasteiger partial charge in [0.25, 0.3) is 0 Å². The molecule has 6 nitrogen and oxygen atoms in total. The van der Waals surface area contributed by atoms with Crippen LogP contribution in [0, 0.1) is 11.3 Å². The topological polar surface area (TPSA) is 78.9 Å². The minimum Gasteiger partial charge on any atom is -0.481 e. The van der Waals surface area contributed by atoms with Crippen molar-refractivity contribution < 1.29 is 19.4 Å². The molecule has 2 unspecified atom stereocenters. The van der Waals surface area contributed by atoms with Crippen molar-refractivity contribution in [2.45, 2.75) is 51.6 Å². The number of aliphatic carboxylic acids is 1. The average molecular weight is 298 g/mol. The maximum absolute atomic E-state index is 12.4. The quantitative estimate of drug-likeness (QED) is 0.831. The summed E-state index contributed by atoms with van der Waals surface area (Å²) < 4.78 is 5.26. The fraction of sp³-hybridized carbons (Fsp3) is 0.867. The van der Waals surface area contributed by atoms with Gasteiger partial charge in [0.1, 0.15) is 5.41 Å². The Bertz CT molecular complexity index is 406. The molecule has 0 aromatic heterocycles. The van der Waals surface area contributed by atoms with Gasteiger partial charge in [0, 0.05) is 13.1 Å². The van der Waals surface area contributed by atoms with Crippen LogP contribution in [0.4, 0.5) is 4.79 Å². The highest BCUT2D eigenvalue weighted by Gasteiger charge is 2.47. The summed E-state index contributed by atoms with van der Waals surface area (Å²) in [5.74, 6) is -0.198. The summed E-state index contributed by atoms with van der Waals surface area (Å²) in [5.41, 5.74) is -1.04. The van der Waals surface area contributed by atoms with Gasteiger partial charge in [0.15, 0.2) is 0 Å². The molecule has 1 heterocycles. The van der Waals surface area contributed by atoms with Crippen LogP contribution in [0.3, 0.4) is 0 Å². The molecule has 1 saturated carbocycles. The van der Waals surface area contributed by atoms with Crippen molar-refractivity contribution >= 4 is 12.0 Å². The van der Waals surface area contributed by atoms with Gasteiger partial charge in [-0.05, 0) is 38.5 Å². The number of carbonyl (C=O) groups is 2. The first-order valence-electron chi connectivity index (χ1n) is 7.69. The summed E-state index contributed by atoms with van der Waals surface area (Å²) >= 11 is 0. The van der Waals surface area contributed by atoms with Crippen LogP contribution < -0.4 is 5.32 Å². The summed E-state index contributed by atoms with van der Waals surface area (Å²) in [4.78, 5) is 25.5. The molecule has 1 aliphatic heterocycles. The normalized spacial score (nSPS) is 36.2. The van der Waals surface area contributed by atoms with Crippen LogP contribution in [0.2, 0.25) is 0 Å². The number of ether oxygens (including phenoxy) is 1. The first kappa shape index (κ1) is 16.1. The second-order valence-electron chi connectivity index (χ2n) is 6.76. The number of nitrogens with one attached hydrogen (secondary N) is 1. The van der Waals surface area contributed by atoms with E-state index in [0.29, 0.717) is 0 Å². The Balaban J connectivity index is 1.93. The summed E-state index contributed by atoms with van der Waals surface area (Å²) in [5, 5.41) is 12.2. The number of rotatable bonds is 3. The molecule has 6 heteroatoms. The molecule has 2 N–H and O–H groups in total. The van der Waals surface area contributed by atoms with Gasteiger partial charge >= 0.3 is 12.0 Å². The number of carboxylic acids is 1. The number of hydrogen-bond acceptors (Lipinski definition) is 3. The van der Waals surface area contributed by atoms with Crippen LogP contribution in [-0.2, 0) is 9.53 Å². The van der Waals surface area contributed by atoms with Gasteiger partial charge in [-0.3, -0.25) is 4.79 Å². The molecule has 120 valence electrons. The van der Waals surface area contributed by atoms with Crippen molar-refractivity contribution in [3.63, 3.8) is 0 Å². The third-order valence-electron chi connectivity index (χ3n) is 5.10. The lowest BCUT2D eigenvalue weighted by molar-refractivity contribution is -0.148. The van der Waals surface area contributed by atoms with Crippen molar-refractivity contribution in [3.8, 4) is 0 Å². The zero-order valence-electron chi connectivity index (χ0n) is 13.1. The van der Waals surface area contributed by atoms with Crippen LogP contribution in [0.15, 0.2) is 0 Å². The second-order valence-corrected chi connectivity index (χ2v) is 6.76. The molecule has 0 bridgehead atoms. The molecule has 0 aromatic carbocycles. The molecule has 1 saturated heterocycles. The summed E-state index contributed by atoms with van der Waals surface area (Å²) in [6, 6.07) is -0.426. The van der Waals surface area contributed by atoms with Gasteiger partial charge in [-0.25, -0.2) is 4.79 Å². The Morgan fingerprint density at radius 2 is 1.90 bits per heavy atom. The van der Waals surface area contributed by atoms with E-state index in [-0.39, 0.29) is 25.3 Å². The van der Waals surface area contributed by atoms with Gasteiger partial charge < -0.3 is 20.1 Å². The number of carbonyl (C=O) groups excluding carboxylic acids is 1. The van der Waals surface area contributed by atoms with Crippen molar-refractivity contribution in [2.24, 2.45) is 11.3 Å². The predicted molar refractivity (Wildman–Crippen MR) is 78.1 cm³/mol. The Morgan fingerprint density at radius 1 is 1.29 bits per heavy atom. The number of urea groups is 1. The van der Waals surface area contributed by atoms with E-state index in [9.17, 15) is 14.7 Å². The zero-order valence-corrected chi connectivity index (χ0v) is 13.1. The molecule has 2 aliphatic rings. The van der Waals surface area contributed by atoms with Crippen molar-refractivity contribution in [2.75, 3.05) is 20.3 Å². The Hall–Kier alpha value is -1.30. The Labute approximate surface area is 125 Å². The molecular weight excluding hydrogens is 272 g/mol. The Morgan fingerprint density at radius 3 is 2.48 bits per heavy atom. The smallest absolute Gasteiger partial charge is 0.317 e. The fourth-order valence-corrected chi connectivity index (χ4v) is 3.13. The predicted octanol–water partition coefficient (Wildman–Crippen LogP) is 1.70. The molecule has 1 aliphatic carbocycles. The number of hydrogen-bond donors (Lipinski definition) is 2. The Kier molecular flexibility index (Phi) is 4.76. The van der Waals surface area contributed by atoms with Crippen molar-refractivity contribution in [1.29, 1.82) is 0 Å². The highest BCUT2D eigenvalue weighted by Crippen LogP contribution is 2.30. The van der Waals surface area contributed by atoms with E-state index < -0.39 is 17.4 Å². The van der Waals surface area contributed by atoms with E-state index in [4.69, 9.17) is 4.74 Å². The van der Waals surface area contributed by atoms with Crippen LogP contribution in [-0.4, -0.2) is 54.4 Å². The second kappa shape index (κ2) is 6.22. The fourth-order valence-electron chi connectivity index (χ4n) is 3.13. The first-order chi connectivity index (χ1) is 9.84. The average Bonchev–Trinajstić information content (AvgIpc) is 2.81. The summed E-state index contributed by atoms with van der Waals surface area (Å²) in [6.07, 6.45) is 4.31. The molecule has 2 amide bonds. The molecule has 0 radical (unpaired) electrons. The van der Waals surface area contributed by atoms with Crippen molar-refractivity contribution in [3.05, 3.63) is 0 Å². The SMILES string of the molecule is CC1CCC(N(C)C(=O)NC2COCC2(C)C(=O)O)CC1. The third kappa shape index (κ3) is 3.31. The standard InChI is InChI=1S/C15H26N2O4/c1-10-4-6-11(7-5-10)17(3)14(20)16-12-8-21-9-15(12,2)13(18)19/h10-12H,4-9H2,1-3H3,(H,16,20)(H,18,19). The summed E-state index contributed by atoms with van der Waals surface area (Å²) in [7, 11) is 1.80. The van der Waals surface area contributed by atoms with Gasteiger partial charge in [0.2, 0.25) is 0 Å². The zero-order chi connectivity index (χ0) is 15.6. The third-order valence-corrected chi connectivity index (χ3v) is 5.10. The maximum Gasteiger partial charge on any atom is 0.317 e. The molecule has 0 aromatic rings. The van der Waals surface area contributed by atoms with E-state index >= 15 is 0 Å². The first-order valence-corrected chi connectivity index (χ1v) is 7.69. The van der Waals surface area contributed by atoms with E-state index in [0.717, 1.165) is 31.6 Å². The van der Waals surface area contributed by atoms with Crippen LogP contribution in [0.5, 0.6) is 0 Å². The van der Waals surface area contributed by atoms with Gasteiger partial charge in [0.05, 0.1) is 19.3 Å². The molecule has 21 heavy (non-hydrogen) atoms.